The van der Waals surface area contributed by atoms with Crippen LogP contribution < -0.4 is 5.32 Å². The molecule has 0 aromatic carbocycles. The van der Waals surface area contributed by atoms with Gasteiger partial charge >= 0.3 is 17.9 Å². The molecule has 1 fully saturated rings. The van der Waals surface area contributed by atoms with Crippen molar-refractivity contribution < 1.29 is 33.4 Å². The first-order valence-electron chi connectivity index (χ1n) is 6.61. The maximum Gasteiger partial charge on any atom is 0.329 e. The highest BCUT2D eigenvalue weighted by Gasteiger charge is 2.44. The fourth-order valence-electron chi connectivity index (χ4n) is 2.14. The first-order valence-corrected chi connectivity index (χ1v) is 6.61. The van der Waals surface area contributed by atoms with Gasteiger partial charge in [0.1, 0.15) is 18.8 Å². The molecule has 0 radical (unpaired) electrons. The van der Waals surface area contributed by atoms with Crippen molar-refractivity contribution in [3.8, 4) is 0 Å². The van der Waals surface area contributed by atoms with Crippen LogP contribution in [0.15, 0.2) is 0 Å². The van der Waals surface area contributed by atoms with Crippen molar-refractivity contribution in [2.24, 2.45) is 5.92 Å². The summed E-state index contributed by atoms with van der Waals surface area (Å²) >= 11 is 0. The van der Waals surface area contributed by atoms with Gasteiger partial charge in [0, 0.05) is 26.2 Å². The Morgan fingerprint density at radius 3 is 2.43 bits per heavy atom. The minimum absolute atomic E-state index is 0.0112. The average molecular weight is 301 g/mol. The second-order valence-corrected chi connectivity index (χ2v) is 4.62. The van der Waals surface area contributed by atoms with Crippen molar-refractivity contribution in [1.29, 1.82) is 0 Å². The summed E-state index contributed by atoms with van der Waals surface area (Å²) in [6, 6.07) is -0.919. The van der Waals surface area contributed by atoms with Gasteiger partial charge in [-0.3, -0.25) is 14.4 Å². The van der Waals surface area contributed by atoms with Crippen molar-refractivity contribution >= 4 is 23.8 Å². The van der Waals surface area contributed by atoms with Gasteiger partial charge in [-0.1, -0.05) is 0 Å². The van der Waals surface area contributed by atoms with Crippen LogP contribution in [0, 0.1) is 5.92 Å². The van der Waals surface area contributed by atoms with Crippen molar-refractivity contribution in [2.45, 2.75) is 39.3 Å². The zero-order valence-electron chi connectivity index (χ0n) is 12.2. The Morgan fingerprint density at radius 2 is 1.90 bits per heavy atom. The summed E-state index contributed by atoms with van der Waals surface area (Å²) in [4.78, 5) is 45.4. The number of nitrogens with one attached hydrogen (secondary N) is 1. The Hall–Kier alpha value is -2.12. The third kappa shape index (κ3) is 5.05. The van der Waals surface area contributed by atoms with E-state index in [-0.39, 0.29) is 25.5 Å². The molecule has 0 aromatic rings. The lowest BCUT2D eigenvalue weighted by atomic mass is 9.94. The van der Waals surface area contributed by atoms with Gasteiger partial charge in [0.25, 0.3) is 0 Å². The normalized spacial score (nSPS) is 22.1. The molecule has 1 aliphatic heterocycles. The fraction of sp³-hybridized carbons (Fsp3) is 0.692. The van der Waals surface area contributed by atoms with Gasteiger partial charge in [0.15, 0.2) is 0 Å². The molecule has 1 saturated heterocycles. The monoisotopic (exact) mass is 301 g/mol. The first kappa shape index (κ1) is 16.9. The van der Waals surface area contributed by atoms with Gasteiger partial charge < -0.3 is 19.5 Å². The smallest absolute Gasteiger partial charge is 0.329 e. The molecule has 1 aliphatic rings. The minimum Gasteiger partial charge on any atom is -0.464 e. The summed E-state index contributed by atoms with van der Waals surface area (Å²) in [6.45, 7) is 4.01. The molecule has 0 aromatic heterocycles. The number of carbonyl (C=O) groups is 4. The molecule has 0 spiro atoms. The van der Waals surface area contributed by atoms with Crippen LogP contribution in [-0.4, -0.2) is 49.2 Å². The maximum atomic E-state index is 11.8. The van der Waals surface area contributed by atoms with E-state index >= 15 is 0 Å². The molecule has 3 atom stereocenters. The third-order valence-corrected chi connectivity index (χ3v) is 2.95. The van der Waals surface area contributed by atoms with Crippen LogP contribution in [0.2, 0.25) is 0 Å². The summed E-state index contributed by atoms with van der Waals surface area (Å²) in [5.41, 5.74) is 0. The maximum absolute atomic E-state index is 11.8. The quantitative estimate of drug-likeness (QED) is 0.523. The van der Waals surface area contributed by atoms with Gasteiger partial charge in [-0.2, -0.15) is 0 Å². The Balaban J connectivity index is 2.85. The van der Waals surface area contributed by atoms with E-state index in [0.717, 1.165) is 0 Å². The number of hydrogen-bond acceptors (Lipinski definition) is 7. The predicted octanol–water partition coefficient (Wildman–Crippen LogP) is -0.451. The minimum atomic E-state index is -0.919. The SMILES string of the molecule is CCOC(=O)[C@@H]1NC(=O)C[C@H]1[C@@H](COC(C)=O)OC(C)=O. The zero-order valence-corrected chi connectivity index (χ0v) is 12.2. The largest absolute Gasteiger partial charge is 0.464 e. The fourth-order valence-corrected chi connectivity index (χ4v) is 2.14. The Kier molecular flexibility index (Phi) is 6.13. The molecule has 1 heterocycles. The molecular formula is C13H19NO7. The molecule has 0 unspecified atom stereocenters. The Bertz CT molecular complexity index is 434. The molecule has 1 amide bonds. The van der Waals surface area contributed by atoms with E-state index in [2.05, 4.69) is 5.32 Å². The van der Waals surface area contributed by atoms with Crippen LogP contribution in [-0.2, 0) is 33.4 Å². The van der Waals surface area contributed by atoms with E-state index in [0.29, 0.717) is 0 Å². The van der Waals surface area contributed by atoms with E-state index in [9.17, 15) is 19.2 Å². The van der Waals surface area contributed by atoms with Gasteiger partial charge in [0.05, 0.1) is 6.61 Å². The summed E-state index contributed by atoms with van der Waals surface area (Å²) in [5.74, 6) is -2.72. The molecule has 118 valence electrons. The number of hydrogen-bond donors (Lipinski definition) is 1. The van der Waals surface area contributed by atoms with Crippen molar-refractivity contribution in [3.63, 3.8) is 0 Å². The van der Waals surface area contributed by atoms with Crippen LogP contribution >= 0.6 is 0 Å². The van der Waals surface area contributed by atoms with E-state index in [1.165, 1.54) is 13.8 Å². The second-order valence-electron chi connectivity index (χ2n) is 4.62. The molecule has 0 aliphatic carbocycles. The van der Waals surface area contributed by atoms with Gasteiger partial charge in [0.2, 0.25) is 5.91 Å². The predicted molar refractivity (Wildman–Crippen MR) is 68.9 cm³/mol. The lowest BCUT2D eigenvalue weighted by molar-refractivity contribution is -0.162. The highest BCUT2D eigenvalue weighted by atomic mass is 16.6. The average Bonchev–Trinajstić information content (AvgIpc) is 2.76. The van der Waals surface area contributed by atoms with Gasteiger partial charge in [-0.05, 0) is 6.92 Å². The molecule has 0 bridgehead atoms. The lowest BCUT2D eigenvalue weighted by Crippen LogP contribution is -2.44. The number of rotatable bonds is 6. The number of esters is 3. The topological polar surface area (TPSA) is 108 Å². The summed E-state index contributed by atoms with van der Waals surface area (Å²) in [6.07, 6.45) is -0.900. The van der Waals surface area contributed by atoms with Gasteiger partial charge in [-0.15, -0.1) is 0 Å². The standard InChI is InChI=1S/C13H19NO7/c1-4-19-13(18)12-9(5-11(17)14-12)10(21-8(3)16)6-20-7(2)15/h9-10,12H,4-6H2,1-3H3,(H,14,17)/t9-,10+,12+/m0/s1. The van der Waals surface area contributed by atoms with Crippen molar-refractivity contribution in [2.75, 3.05) is 13.2 Å². The number of amides is 1. The molecule has 0 saturated carbocycles. The summed E-state index contributed by atoms with van der Waals surface area (Å²) in [5, 5.41) is 2.48. The van der Waals surface area contributed by atoms with E-state index in [4.69, 9.17) is 14.2 Å². The lowest BCUT2D eigenvalue weighted by Gasteiger charge is -2.25. The van der Waals surface area contributed by atoms with Crippen molar-refractivity contribution in [1.82, 2.24) is 5.32 Å². The van der Waals surface area contributed by atoms with E-state index in [1.807, 2.05) is 0 Å². The van der Waals surface area contributed by atoms with Crippen LogP contribution in [0.3, 0.4) is 0 Å². The summed E-state index contributed by atoms with van der Waals surface area (Å²) < 4.78 is 14.8. The highest BCUT2D eigenvalue weighted by Crippen LogP contribution is 2.24. The van der Waals surface area contributed by atoms with Gasteiger partial charge in [-0.25, -0.2) is 4.79 Å². The molecular weight excluding hydrogens is 282 g/mol. The molecule has 21 heavy (non-hydrogen) atoms. The van der Waals surface area contributed by atoms with Crippen LogP contribution in [0.5, 0.6) is 0 Å². The highest BCUT2D eigenvalue weighted by molar-refractivity contribution is 5.89. The number of ether oxygens (including phenoxy) is 3. The van der Waals surface area contributed by atoms with Crippen LogP contribution in [0.25, 0.3) is 0 Å². The summed E-state index contributed by atoms with van der Waals surface area (Å²) in [7, 11) is 0. The second kappa shape index (κ2) is 7.61. The Labute approximate surface area is 122 Å². The molecule has 8 heteroatoms. The first-order chi connectivity index (χ1) is 9.85. The molecule has 1 N–H and O–H groups in total. The molecule has 1 rings (SSSR count). The number of carbonyl (C=O) groups excluding carboxylic acids is 4. The van der Waals surface area contributed by atoms with E-state index < -0.39 is 36.0 Å². The van der Waals surface area contributed by atoms with Crippen LogP contribution in [0.1, 0.15) is 27.2 Å². The van der Waals surface area contributed by atoms with Crippen LogP contribution in [0.4, 0.5) is 0 Å². The van der Waals surface area contributed by atoms with Crippen molar-refractivity contribution in [3.05, 3.63) is 0 Å². The zero-order chi connectivity index (χ0) is 16.0. The van der Waals surface area contributed by atoms with E-state index in [1.54, 1.807) is 6.92 Å². The molecule has 8 nitrogen and oxygen atoms in total. The third-order valence-electron chi connectivity index (χ3n) is 2.95. The Morgan fingerprint density at radius 1 is 1.24 bits per heavy atom.